The number of rotatable bonds is 1. The van der Waals surface area contributed by atoms with Crippen LogP contribution in [0.3, 0.4) is 0 Å². The van der Waals surface area contributed by atoms with E-state index < -0.39 is 0 Å². The Morgan fingerprint density at radius 1 is 0.500 bits per heavy atom. The van der Waals surface area contributed by atoms with Crippen LogP contribution in [0.5, 0.6) is 0 Å². The monoisotopic (exact) mass is 710 g/mol. The van der Waals surface area contributed by atoms with Gasteiger partial charge in [-0.25, -0.2) is 0 Å². The fraction of sp³-hybridized carbons (Fsp3) is 0.333. The van der Waals surface area contributed by atoms with Gasteiger partial charge in [-0.05, 0) is 110 Å². The van der Waals surface area contributed by atoms with Crippen LogP contribution in [-0.4, -0.2) is 0 Å². The molecule has 0 saturated carbocycles. The highest BCUT2D eigenvalue weighted by molar-refractivity contribution is 5.86. The molecule has 54 heavy (non-hydrogen) atoms. The first-order valence-electron chi connectivity index (χ1n) is 19.9. The van der Waals surface area contributed by atoms with Crippen LogP contribution in [0, 0.1) is 31.6 Å². The van der Waals surface area contributed by atoms with Crippen LogP contribution in [0.2, 0.25) is 0 Å². The average molecular weight is 711 g/mol. The summed E-state index contributed by atoms with van der Waals surface area (Å²) in [7, 11) is 0. The molecule has 0 fully saturated rings. The van der Waals surface area contributed by atoms with Crippen molar-refractivity contribution in [1.29, 1.82) is 0 Å². The molecule has 0 aromatic heterocycles. The molecule has 3 aliphatic rings. The molecular formula is C54H62. The predicted molar refractivity (Wildman–Crippen MR) is 236 cm³/mol. The van der Waals surface area contributed by atoms with E-state index in [-0.39, 0.29) is 21.7 Å². The van der Waals surface area contributed by atoms with Crippen molar-refractivity contribution in [2.45, 2.75) is 107 Å². The zero-order chi connectivity index (χ0) is 39.2. The van der Waals surface area contributed by atoms with Gasteiger partial charge < -0.3 is 0 Å². The van der Waals surface area contributed by atoms with E-state index in [9.17, 15) is 0 Å². The minimum atomic E-state index is 0.0664. The Morgan fingerprint density at radius 2 is 1.09 bits per heavy atom. The summed E-state index contributed by atoms with van der Waals surface area (Å²) in [6.45, 7) is 30.0. The molecule has 0 heterocycles. The quantitative estimate of drug-likeness (QED) is 0.162. The fourth-order valence-corrected chi connectivity index (χ4v) is 8.72. The summed E-state index contributed by atoms with van der Waals surface area (Å²) < 4.78 is 0. The lowest BCUT2D eigenvalue weighted by Gasteiger charge is -2.34. The first kappa shape index (κ1) is 39.0. The summed E-state index contributed by atoms with van der Waals surface area (Å²) in [6, 6.07) is 41.5. The van der Waals surface area contributed by atoms with Crippen LogP contribution in [0.4, 0.5) is 0 Å². The number of aryl methyl sites for hydroxylation is 3. The Bertz CT molecular complexity index is 2250. The minimum Gasteiger partial charge on any atom is -0.0763 e. The third-order valence-corrected chi connectivity index (χ3v) is 11.8. The van der Waals surface area contributed by atoms with Gasteiger partial charge in [-0.15, -0.1) is 0 Å². The highest BCUT2D eigenvalue weighted by atomic mass is 14.5. The Kier molecular flexibility index (Phi) is 10.5. The molecule has 278 valence electrons. The highest BCUT2D eigenvalue weighted by Crippen LogP contribution is 2.55. The molecule has 0 atom stereocenters. The molecule has 0 radical (unpaired) electrons. The predicted octanol–water partition coefficient (Wildman–Crippen LogP) is 15.4. The smallest absolute Gasteiger partial charge is 0.0158 e. The molecule has 5 aromatic rings. The largest absolute Gasteiger partial charge is 0.0763 e. The van der Waals surface area contributed by atoms with Gasteiger partial charge in [-0.3, -0.25) is 0 Å². The van der Waals surface area contributed by atoms with E-state index in [1.54, 1.807) is 11.1 Å². The van der Waals surface area contributed by atoms with Gasteiger partial charge >= 0.3 is 0 Å². The van der Waals surface area contributed by atoms with E-state index in [4.69, 9.17) is 0 Å². The standard InChI is InChI=1S/C25H34.C16H16.C13H12/c1-16-10-12-18-19-13-11-17(23(2,3)4)15-21(24(5,6)7)22(19)25(8,9)20(18)14-16;1-11-7-6-10-14-15(11)12-8-4-5-9-13(12)16(14,2)3;1-11-7-9-13(10-8-11)12-5-3-2-4-6-12/h10-12,14-15H,13H2,1-9H3;4-10H,1-3H3;2-10H,1H3. The van der Waals surface area contributed by atoms with Crippen LogP contribution < -0.4 is 0 Å². The second-order valence-electron chi connectivity index (χ2n) is 18.8. The topological polar surface area (TPSA) is 0 Å². The van der Waals surface area contributed by atoms with Crippen molar-refractivity contribution in [2.75, 3.05) is 0 Å². The van der Waals surface area contributed by atoms with E-state index in [0.717, 1.165) is 6.42 Å². The Hall–Kier alpha value is -4.68. The Labute approximate surface area is 327 Å². The molecule has 0 nitrogen and oxygen atoms in total. The molecule has 0 spiro atoms. The van der Waals surface area contributed by atoms with Crippen LogP contribution >= 0.6 is 0 Å². The van der Waals surface area contributed by atoms with Crippen molar-refractivity contribution in [3.63, 3.8) is 0 Å². The van der Waals surface area contributed by atoms with Gasteiger partial charge in [-0.1, -0.05) is 208 Å². The Balaban J connectivity index is 0.000000147. The molecule has 0 N–H and O–H groups in total. The van der Waals surface area contributed by atoms with Gasteiger partial charge in [0, 0.05) is 10.8 Å². The van der Waals surface area contributed by atoms with Crippen molar-refractivity contribution in [1.82, 2.24) is 0 Å². The number of hydrogen-bond acceptors (Lipinski definition) is 0. The van der Waals surface area contributed by atoms with Crippen molar-refractivity contribution in [3.8, 4) is 22.3 Å². The van der Waals surface area contributed by atoms with Gasteiger partial charge in [0.05, 0.1) is 0 Å². The second kappa shape index (κ2) is 14.5. The molecule has 0 aliphatic heterocycles. The van der Waals surface area contributed by atoms with Crippen LogP contribution in [-0.2, 0) is 10.8 Å². The van der Waals surface area contributed by atoms with Crippen molar-refractivity contribution in [2.24, 2.45) is 10.8 Å². The average Bonchev–Trinajstić information content (AvgIpc) is 3.34. The lowest BCUT2D eigenvalue weighted by molar-refractivity contribution is 0.478. The normalized spacial score (nSPS) is 16.2. The zero-order valence-electron chi connectivity index (χ0n) is 35.3. The van der Waals surface area contributed by atoms with E-state index >= 15 is 0 Å². The summed E-state index contributed by atoms with van der Waals surface area (Å²) in [6.07, 6.45) is 6.01. The molecule has 0 saturated heterocycles. The molecule has 3 aliphatic carbocycles. The van der Waals surface area contributed by atoms with Crippen molar-refractivity contribution >= 4 is 5.57 Å². The van der Waals surface area contributed by atoms with Crippen LogP contribution in [0.1, 0.15) is 115 Å². The second-order valence-corrected chi connectivity index (χ2v) is 18.8. The first-order valence-corrected chi connectivity index (χ1v) is 19.9. The van der Waals surface area contributed by atoms with E-state index in [1.807, 2.05) is 6.07 Å². The summed E-state index contributed by atoms with van der Waals surface area (Å²) in [5, 5.41) is 0. The SMILES string of the molecule is Cc1ccc(-c2ccccc2)cc1.Cc1ccc2c(c1)C(C)(C)C1=C2CC=C(C(C)(C)C)C=C1C(C)(C)C.Cc1cccc2c1-c1ccccc1C2(C)C. The Morgan fingerprint density at radius 3 is 1.74 bits per heavy atom. The maximum Gasteiger partial charge on any atom is 0.0158 e. The third kappa shape index (κ3) is 7.50. The number of benzene rings is 5. The molecule has 0 heteroatoms. The van der Waals surface area contributed by atoms with Crippen LogP contribution in [0.25, 0.3) is 27.8 Å². The molecular weight excluding hydrogens is 649 g/mol. The minimum absolute atomic E-state index is 0.0664. The highest BCUT2D eigenvalue weighted by Gasteiger charge is 2.42. The molecule has 0 bridgehead atoms. The number of fused-ring (bicyclic) bond motifs is 5. The maximum atomic E-state index is 2.50. The lowest BCUT2D eigenvalue weighted by Crippen LogP contribution is -2.24. The zero-order valence-corrected chi connectivity index (χ0v) is 35.3. The van der Waals surface area contributed by atoms with Crippen molar-refractivity contribution < 1.29 is 0 Å². The summed E-state index contributed by atoms with van der Waals surface area (Å²) >= 11 is 0. The van der Waals surface area contributed by atoms with Gasteiger partial charge in [0.15, 0.2) is 0 Å². The van der Waals surface area contributed by atoms with Crippen LogP contribution in [0.15, 0.2) is 144 Å². The fourth-order valence-electron chi connectivity index (χ4n) is 8.72. The maximum absolute atomic E-state index is 2.50. The van der Waals surface area contributed by atoms with Gasteiger partial charge in [0.2, 0.25) is 0 Å². The summed E-state index contributed by atoms with van der Waals surface area (Å²) in [5.74, 6) is 0. The van der Waals surface area contributed by atoms with E-state index in [1.165, 1.54) is 72.3 Å². The van der Waals surface area contributed by atoms with Crippen molar-refractivity contribution in [3.05, 3.63) is 183 Å². The summed E-state index contributed by atoms with van der Waals surface area (Å²) in [4.78, 5) is 0. The molecule has 5 aromatic carbocycles. The lowest BCUT2D eigenvalue weighted by atomic mass is 9.70. The summed E-state index contributed by atoms with van der Waals surface area (Å²) in [5.41, 5.74) is 22.0. The van der Waals surface area contributed by atoms with E-state index in [0.29, 0.717) is 0 Å². The number of allylic oxidation sites excluding steroid dienone is 6. The molecule has 8 rings (SSSR count). The number of hydrogen-bond donors (Lipinski definition) is 0. The van der Waals surface area contributed by atoms with Gasteiger partial charge in [0.25, 0.3) is 0 Å². The first-order chi connectivity index (χ1) is 25.3. The third-order valence-electron chi connectivity index (χ3n) is 11.8. The van der Waals surface area contributed by atoms with E-state index in [2.05, 4.69) is 211 Å². The molecule has 0 amide bonds. The van der Waals surface area contributed by atoms with Gasteiger partial charge in [-0.2, -0.15) is 0 Å². The molecule has 0 unspecified atom stereocenters. The van der Waals surface area contributed by atoms with Gasteiger partial charge in [0.1, 0.15) is 0 Å².